The zero-order valence-corrected chi connectivity index (χ0v) is 22.2. The fraction of sp³-hybridized carbons (Fsp3) is 0.323. The summed E-state index contributed by atoms with van der Waals surface area (Å²) in [6, 6.07) is 24.3. The highest BCUT2D eigenvalue weighted by atomic mass is 16.6. The number of rotatable bonds is 15. The molecule has 3 aromatic carbocycles. The first-order valence-electron chi connectivity index (χ1n) is 13.2. The molecule has 8 heteroatoms. The summed E-state index contributed by atoms with van der Waals surface area (Å²) in [6.07, 6.45) is 1.77. The van der Waals surface area contributed by atoms with Crippen molar-refractivity contribution in [1.82, 2.24) is 5.32 Å². The Morgan fingerprint density at radius 3 is 1.79 bits per heavy atom. The molecule has 0 fully saturated rings. The number of hydrogen-bond acceptors (Lipinski definition) is 7. The highest BCUT2D eigenvalue weighted by Gasteiger charge is 2.32. The van der Waals surface area contributed by atoms with E-state index in [1.165, 1.54) is 0 Å². The van der Waals surface area contributed by atoms with E-state index in [0.717, 1.165) is 36.0 Å². The zero-order chi connectivity index (χ0) is 27.9. The third kappa shape index (κ3) is 10.2. The summed E-state index contributed by atoms with van der Waals surface area (Å²) >= 11 is 0. The SMILES string of the molecule is CCCCCNC(=O)[C@@H](N)Cc1ccc(OC(C(=O)OCc2ccccc2)C(=O)OCc2ccccc2)cc1. The van der Waals surface area contributed by atoms with E-state index in [1.54, 1.807) is 24.3 Å². The molecule has 0 aliphatic carbocycles. The summed E-state index contributed by atoms with van der Waals surface area (Å²) in [6.45, 7) is 2.69. The van der Waals surface area contributed by atoms with Crippen LogP contribution in [0.25, 0.3) is 0 Å². The lowest BCUT2D eigenvalue weighted by Gasteiger charge is -2.18. The number of nitrogens with one attached hydrogen (secondary N) is 1. The van der Waals surface area contributed by atoms with Crippen molar-refractivity contribution < 1.29 is 28.6 Å². The van der Waals surface area contributed by atoms with Crippen LogP contribution in [0.4, 0.5) is 0 Å². The minimum Gasteiger partial charge on any atom is -0.467 e. The third-order valence-electron chi connectivity index (χ3n) is 5.93. The van der Waals surface area contributed by atoms with Gasteiger partial charge in [-0.15, -0.1) is 0 Å². The van der Waals surface area contributed by atoms with Crippen molar-refractivity contribution in [3.8, 4) is 5.75 Å². The molecule has 0 aliphatic heterocycles. The van der Waals surface area contributed by atoms with Gasteiger partial charge in [0, 0.05) is 6.54 Å². The highest BCUT2D eigenvalue weighted by Crippen LogP contribution is 2.17. The second kappa shape index (κ2) is 15.9. The summed E-state index contributed by atoms with van der Waals surface area (Å²) in [5.41, 5.74) is 8.42. The maximum absolute atomic E-state index is 12.9. The van der Waals surface area contributed by atoms with Gasteiger partial charge in [0.05, 0.1) is 6.04 Å². The Balaban J connectivity index is 1.61. The molecule has 8 nitrogen and oxygen atoms in total. The first kappa shape index (κ1) is 29.4. The highest BCUT2D eigenvalue weighted by molar-refractivity contribution is 5.98. The lowest BCUT2D eigenvalue weighted by molar-refractivity contribution is -0.168. The summed E-state index contributed by atoms with van der Waals surface area (Å²) < 4.78 is 16.5. The minimum absolute atomic E-state index is 0.0111. The Bertz CT molecular complexity index is 1110. The standard InChI is InChI=1S/C31H36N2O6/c1-2-3-10-19-33-29(34)27(32)20-23-15-17-26(18-16-23)39-28(30(35)37-21-24-11-6-4-7-12-24)31(36)38-22-25-13-8-5-9-14-25/h4-9,11-18,27-28H,2-3,10,19-22,32H2,1H3,(H,33,34)/t27-/m0/s1. The van der Waals surface area contributed by atoms with Crippen LogP contribution in [0.5, 0.6) is 5.75 Å². The van der Waals surface area contributed by atoms with Crippen LogP contribution in [0.1, 0.15) is 42.9 Å². The van der Waals surface area contributed by atoms with Gasteiger partial charge in [-0.3, -0.25) is 4.79 Å². The Hall–Kier alpha value is -4.17. The van der Waals surface area contributed by atoms with Gasteiger partial charge in [0.2, 0.25) is 5.91 Å². The molecule has 0 unspecified atom stereocenters. The predicted molar refractivity (Wildman–Crippen MR) is 148 cm³/mol. The van der Waals surface area contributed by atoms with E-state index in [-0.39, 0.29) is 24.9 Å². The van der Waals surface area contributed by atoms with Crippen molar-refractivity contribution >= 4 is 17.8 Å². The molecule has 0 heterocycles. The van der Waals surface area contributed by atoms with Crippen LogP contribution < -0.4 is 15.8 Å². The van der Waals surface area contributed by atoms with E-state index in [9.17, 15) is 14.4 Å². The van der Waals surface area contributed by atoms with Crippen LogP contribution in [0.15, 0.2) is 84.9 Å². The van der Waals surface area contributed by atoms with Gasteiger partial charge in [-0.1, -0.05) is 92.6 Å². The second-order valence-electron chi connectivity index (χ2n) is 9.14. The van der Waals surface area contributed by atoms with E-state index in [1.807, 2.05) is 60.7 Å². The number of carbonyl (C=O) groups excluding carboxylic acids is 3. The van der Waals surface area contributed by atoms with Crippen molar-refractivity contribution in [2.24, 2.45) is 5.73 Å². The van der Waals surface area contributed by atoms with Crippen LogP contribution in [0, 0.1) is 0 Å². The molecule has 39 heavy (non-hydrogen) atoms. The van der Waals surface area contributed by atoms with E-state index in [2.05, 4.69) is 12.2 Å². The maximum atomic E-state index is 12.9. The molecular weight excluding hydrogens is 496 g/mol. The quantitative estimate of drug-likeness (QED) is 0.172. The van der Waals surface area contributed by atoms with Crippen molar-refractivity contribution in [2.75, 3.05) is 6.54 Å². The largest absolute Gasteiger partial charge is 0.467 e. The van der Waals surface area contributed by atoms with Gasteiger partial charge in [0.1, 0.15) is 19.0 Å². The molecule has 0 saturated heterocycles. The molecule has 0 bridgehead atoms. The van der Waals surface area contributed by atoms with Gasteiger partial charge in [-0.05, 0) is 41.7 Å². The summed E-state index contributed by atoms with van der Waals surface area (Å²) in [5, 5.41) is 2.86. The van der Waals surface area contributed by atoms with Crippen molar-refractivity contribution in [3.63, 3.8) is 0 Å². The number of benzene rings is 3. The van der Waals surface area contributed by atoms with E-state index in [0.29, 0.717) is 13.0 Å². The number of ether oxygens (including phenoxy) is 3. The molecule has 1 amide bonds. The van der Waals surface area contributed by atoms with E-state index in [4.69, 9.17) is 19.9 Å². The molecule has 0 aromatic heterocycles. The summed E-state index contributed by atoms with van der Waals surface area (Å²) in [4.78, 5) is 38.0. The first-order valence-corrected chi connectivity index (χ1v) is 13.2. The van der Waals surface area contributed by atoms with Crippen LogP contribution in [-0.2, 0) is 43.5 Å². The Labute approximate surface area is 229 Å². The lowest BCUT2D eigenvalue weighted by atomic mass is 10.1. The molecule has 3 N–H and O–H groups in total. The molecule has 0 saturated carbocycles. The second-order valence-corrected chi connectivity index (χ2v) is 9.14. The van der Waals surface area contributed by atoms with Crippen LogP contribution >= 0.6 is 0 Å². The molecule has 3 aromatic rings. The Morgan fingerprint density at radius 2 is 1.28 bits per heavy atom. The van der Waals surface area contributed by atoms with Crippen molar-refractivity contribution in [3.05, 3.63) is 102 Å². The number of nitrogens with two attached hydrogens (primary N) is 1. The average Bonchev–Trinajstić information content (AvgIpc) is 2.97. The molecule has 0 radical (unpaired) electrons. The molecule has 1 atom stereocenters. The van der Waals surface area contributed by atoms with Crippen LogP contribution in [0.2, 0.25) is 0 Å². The van der Waals surface area contributed by atoms with Crippen molar-refractivity contribution in [1.29, 1.82) is 0 Å². The molecule has 3 rings (SSSR count). The van der Waals surface area contributed by atoms with E-state index < -0.39 is 24.1 Å². The van der Waals surface area contributed by atoms with Gasteiger partial charge < -0.3 is 25.3 Å². The van der Waals surface area contributed by atoms with Gasteiger partial charge in [0.15, 0.2) is 0 Å². The molecule has 0 spiro atoms. The maximum Gasteiger partial charge on any atom is 0.359 e. The summed E-state index contributed by atoms with van der Waals surface area (Å²) in [5.74, 6) is -1.64. The van der Waals surface area contributed by atoms with Crippen molar-refractivity contribution in [2.45, 2.75) is 58.0 Å². The van der Waals surface area contributed by atoms with Crippen LogP contribution in [0.3, 0.4) is 0 Å². The Kier molecular flexibility index (Phi) is 12.0. The predicted octanol–water partition coefficient (Wildman–Crippen LogP) is 4.10. The van der Waals surface area contributed by atoms with E-state index >= 15 is 0 Å². The number of unbranched alkanes of at least 4 members (excludes halogenated alkanes) is 2. The van der Waals surface area contributed by atoms with Gasteiger partial charge in [-0.2, -0.15) is 0 Å². The molecule has 0 aliphatic rings. The van der Waals surface area contributed by atoms with Gasteiger partial charge in [-0.25, -0.2) is 9.59 Å². The monoisotopic (exact) mass is 532 g/mol. The average molecular weight is 533 g/mol. The normalized spacial score (nSPS) is 11.5. The van der Waals surface area contributed by atoms with Gasteiger partial charge >= 0.3 is 11.9 Å². The first-order chi connectivity index (χ1) is 19.0. The van der Waals surface area contributed by atoms with Crippen LogP contribution in [-0.4, -0.2) is 36.5 Å². The summed E-state index contributed by atoms with van der Waals surface area (Å²) in [7, 11) is 0. The fourth-order valence-corrected chi connectivity index (χ4v) is 3.71. The number of amides is 1. The smallest absolute Gasteiger partial charge is 0.359 e. The Morgan fingerprint density at radius 1 is 0.744 bits per heavy atom. The topological polar surface area (TPSA) is 117 Å². The third-order valence-corrected chi connectivity index (χ3v) is 5.93. The molecule has 206 valence electrons. The number of esters is 2. The minimum atomic E-state index is -1.61. The molecular formula is C31H36N2O6. The fourth-order valence-electron chi connectivity index (χ4n) is 3.71. The number of hydrogen-bond donors (Lipinski definition) is 2. The number of carbonyl (C=O) groups is 3. The zero-order valence-electron chi connectivity index (χ0n) is 22.2. The van der Waals surface area contributed by atoms with Gasteiger partial charge in [0.25, 0.3) is 6.10 Å². The lowest BCUT2D eigenvalue weighted by Crippen LogP contribution is -2.42.